The predicted molar refractivity (Wildman–Crippen MR) is 105 cm³/mol. The molecule has 0 amide bonds. The van der Waals surface area contributed by atoms with Gasteiger partial charge < -0.3 is 5.11 Å². The molecule has 6 heteroatoms. The Balaban J connectivity index is 1.47. The summed E-state index contributed by atoms with van der Waals surface area (Å²) in [6.07, 6.45) is 4.03. The van der Waals surface area contributed by atoms with Gasteiger partial charge in [-0.05, 0) is 67.3 Å². The van der Waals surface area contributed by atoms with E-state index >= 15 is 0 Å². The van der Waals surface area contributed by atoms with E-state index in [1.807, 2.05) is 18.3 Å². The maximum atomic E-state index is 13.2. The number of hydrogen-bond donors (Lipinski definition) is 2. The SMILES string of the molecule is O=C(O)c1ccc([C@@H]2CCCN(Cc3cn[nH]c3-c3ccc(F)cc3)C2)cc1. The van der Waals surface area contributed by atoms with E-state index in [4.69, 9.17) is 5.11 Å². The van der Waals surface area contributed by atoms with Crippen LogP contribution >= 0.6 is 0 Å². The van der Waals surface area contributed by atoms with Crippen molar-refractivity contribution in [1.82, 2.24) is 15.1 Å². The third-order valence-electron chi connectivity index (χ3n) is 5.38. The lowest BCUT2D eigenvalue weighted by molar-refractivity contribution is 0.0697. The summed E-state index contributed by atoms with van der Waals surface area (Å²) in [5.41, 5.74) is 4.44. The number of aromatic amines is 1. The summed E-state index contributed by atoms with van der Waals surface area (Å²) in [7, 11) is 0. The van der Waals surface area contributed by atoms with E-state index in [1.165, 1.54) is 17.7 Å². The Bertz CT molecular complexity index is 951. The number of aromatic carboxylic acids is 1. The summed E-state index contributed by atoms with van der Waals surface area (Å²) >= 11 is 0. The van der Waals surface area contributed by atoms with Crippen molar-refractivity contribution in [3.8, 4) is 11.3 Å². The Hall–Kier alpha value is -2.99. The van der Waals surface area contributed by atoms with Gasteiger partial charge in [-0.3, -0.25) is 10.00 Å². The second-order valence-electron chi connectivity index (χ2n) is 7.28. The van der Waals surface area contributed by atoms with Crippen LogP contribution in [0.5, 0.6) is 0 Å². The minimum atomic E-state index is -0.898. The highest BCUT2D eigenvalue weighted by molar-refractivity contribution is 5.87. The molecule has 3 aromatic rings. The van der Waals surface area contributed by atoms with E-state index in [0.29, 0.717) is 11.5 Å². The minimum absolute atomic E-state index is 0.252. The summed E-state index contributed by atoms with van der Waals surface area (Å²) in [5.74, 6) is -0.763. The van der Waals surface area contributed by atoms with Gasteiger partial charge in [0.15, 0.2) is 0 Å². The van der Waals surface area contributed by atoms with E-state index in [1.54, 1.807) is 24.3 Å². The van der Waals surface area contributed by atoms with Gasteiger partial charge in [0.25, 0.3) is 0 Å². The Morgan fingerprint density at radius 2 is 1.93 bits per heavy atom. The number of carboxylic acid groups (broad SMARTS) is 1. The van der Waals surface area contributed by atoms with Crippen LogP contribution in [0.2, 0.25) is 0 Å². The monoisotopic (exact) mass is 379 g/mol. The Morgan fingerprint density at radius 1 is 1.18 bits per heavy atom. The first-order chi connectivity index (χ1) is 13.6. The molecule has 1 aliphatic rings. The molecule has 0 bridgehead atoms. The summed E-state index contributed by atoms with van der Waals surface area (Å²) in [5, 5.41) is 16.3. The number of aromatic nitrogens is 2. The molecule has 0 radical (unpaired) electrons. The molecule has 1 aromatic heterocycles. The minimum Gasteiger partial charge on any atom is -0.478 e. The highest BCUT2D eigenvalue weighted by Gasteiger charge is 2.23. The van der Waals surface area contributed by atoms with Gasteiger partial charge in [-0.15, -0.1) is 0 Å². The van der Waals surface area contributed by atoms with Crippen molar-refractivity contribution in [3.05, 3.63) is 77.2 Å². The molecule has 1 atom stereocenters. The molecule has 144 valence electrons. The molecule has 2 aromatic carbocycles. The van der Waals surface area contributed by atoms with Crippen molar-refractivity contribution in [2.45, 2.75) is 25.3 Å². The van der Waals surface area contributed by atoms with Crippen LogP contribution < -0.4 is 0 Å². The summed E-state index contributed by atoms with van der Waals surface area (Å²) in [6, 6.07) is 13.7. The second kappa shape index (κ2) is 7.94. The van der Waals surface area contributed by atoms with Crippen LogP contribution in [0.25, 0.3) is 11.3 Å². The largest absolute Gasteiger partial charge is 0.478 e. The summed E-state index contributed by atoms with van der Waals surface area (Å²) in [6.45, 7) is 2.70. The summed E-state index contributed by atoms with van der Waals surface area (Å²) in [4.78, 5) is 13.4. The smallest absolute Gasteiger partial charge is 0.335 e. The van der Waals surface area contributed by atoms with Gasteiger partial charge in [-0.25, -0.2) is 9.18 Å². The maximum absolute atomic E-state index is 13.2. The molecule has 28 heavy (non-hydrogen) atoms. The van der Waals surface area contributed by atoms with Crippen LogP contribution in [0, 0.1) is 5.82 Å². The lowest BCUT2D eigenvalue weighted by Gasteiger charge is -2.33. The fourth-order valence-corrected chi connectivity index (χ4v) is 3.91. The topological polar surface area (TPSA) is 69.2 Å². The lowest BCUT2D eigenvalue weighted by atomic mass is 9.90. The van der Waals surface area contributed by atoms with Crippen molar-refractivity contribution in [2.75, 3.05) is 13.1 Å². The third-order valence-corrected chi connectivity index (χ3v) is 5.38. The molecule has 0 aliphatic carbocycles. The number of carboxylic acids is 1. The van der Waals surface area contributed by atoms with Crippen LogP contribution in [0.15, 0.2) is 54.7 Å². The van der Waals surface area contributed by atoms with E-state index < -0.39 is 5.97 Å². The average molecular weight is 379 g/mol. The Labute approximate surface area is 162 Å². The number of benzene rings is 2. The Kier molecular flexibility index (Phi) is 5.21. The molecule has 5 nitrogen and oxygen atoms in total. The van der Waals surface area contributed by atoms with Crippen molar-refractivity contribution in [2.24, 2.45) is 0 Å². The molecule has 4 rings (SSSR count). The molecule has 1 fully saturated rings. The van der Waals surface area contributed by atoms with Gasteiger partial charge in [0, 0.05) is 24.2 Å². The number of rotatable bonds is 5. The van der Waals surface area contributed by atoms with Crippen LogP contribution in [0.3, 0.4) is 0 Å². The van der Waals surface area contributed by atoms with Gasteiger partial charge in [-0.2, -0.15) is 5.10 Å². The standard InChI is InChI=1S/C22H22FN3O2/c23-20-9-7-16(8-10-20)21-19(12-24-25-21)14-26-11-1-2-18(13-26)15-3-5-17(6-4-15)22(27)28/h3-10,12,18H,1-2,11,13-14H2,(H,24,25)(H,27,28)/t18-/m1/s1. The molecular weight excluding hydrogens is 357 g/mol. The van der Waals surface area contributed by atoms with Crippen molar-refractivity contribution in [3.63, 3.8) is 0 Å². The molecule has 2 N–H and O–H groups in total. The highest BCUT2D eigenvalue weighted by atomic mass is 19.1. The lowest BCUT2D eigenvalue weighted by Crippen LogP contribution is -2.33. The van der Waals surface area contributed by atoms with E-state index in [0.717, 1.165) is 49.3 Å². The Morgan fingerprint density at radius 3 is 2.64 bits per heavy atom. The van der Waals surface area contributed by atoms with E-state index in [9.17, 15) is 9.18 Å². The van der Waals surface area contributed by atoms with Crippen LogP contribution in [-0.4, -0.2) is 39.3 Å². The van der Waals surface area contributed by atoms with Gasteiger partial charge >= 0.3 is 5.97 Å². The number of nitrogens with one attached hydrogen (secondary N) is 1. The van der Waals surface area contributed by atoms with Gasteiger partial charge in [0.1, 0.15) is 5.82 Å². The number of nitrogens with zero attached hydrogens (tertiary/aromatic N) is 2. The van der Waals surface area contributed by atoms with Gasteiger partial charge in [0.2, 0.25) is 0 Å². The average Bonchev–Trinajstić information content (AvgIpc) is 3.17. The van der Waals surface area contributed by atoms with Crippen LogP contribution in [-0.2, 0) is 6.54 Å². The van der Waals surface area contributed by atoms with Crippen LogP contribution in [0.1, 0.15) is 40.2 Å². The first-order valence-corrected chi connectivity index (χ1v) is 9.44. The van der Waals surface area contributed by atoms with Gasteiger partial charge in [-0.1, -0.05) is 12.1 Å². The van der Waals surface area contributed by atoms with Crippen molar-refractivity contribution in [1.29, 1.82) is 0 Å². The second-order valence-corrected chi connectivity index (χ2v) is 7.28. The molecule has 0 unspecified atom stereocenters. The summed E-state index contributed by atoms with van der Waals surface area (Å²) < 4.78 is 13.2. The van der Waals surface area contributed by atoms with E-state index in [-0.39, 0.29) is 5.82 Å². The maximum Gasteiger partial charge on any atom is 0.335 e. The highest BCUT2D eigenvalue weighted by Crippen LogP contribution is 2.29. The molecule has 0 saturated carbocycles. The third kappa shape index (κ3) is 3.97. The molecule has 2 heterocycles. The molecule has 0 spiro atoms. The zero-order valence-electron chi connectivity index (χ0n) is 15.4. The molecule has 1 saturated heterocycles. The molecular formula is C22H22FN3O2. The normalized spacial score (nSPS) is 17.5. The zero-order valence-corrected chi connectivity index (χ0v) is 15.4. The fourth-order valence-electron chi connectivity index (χ4n) is 3.91. The van der Waals surface area contributed by atoms with Crippen molar-refractivity contribution >= 4 is 5.97 Å². The van der Waals surface area contributed by atoms with E-state index in [2.05, 4.69) is 15.1 Å². The number of hydrogen-bond acceptors (Lipinski definition) is 3. The fraction of sp³-hybridized carbons (Fsp3) is 0.273. The van der Waals surface area contributed by atoms with Crippen LogP contribution in [0.4, 0.5) is 4.39 Å². The number of likely N-dealkylation sites (tertiary alicyclic amines) is 1. The predicted octanol–water partition coefficient (Wildman–Crippen LogP) is 4.29. The number of halogens is 1. The first kappa shape index (κ1) is 18.4. The van der Waals surface area contributed by atoms with Crippen molar-refractivity contribution < 1.29 is 14.3 Å². The van der Waals surface area contributed by atoms with Gasteiger partial charge in [0.05, 0.1) is 17.5 Å². The zero-order chi connectivity index (χ0) is 19.5. The quantitative estimate of drug-likeness (QED) is 0.694. The number of carbonyl (C=O) groups is 1. The first-order valence-electron chi connectivity index (χ1n) is 9.44. The number of piperidine rings is 1. The number of H-pyrrole nitrogens is 1. The molecule has 1 aliphatic heterocycles.